The third kappa shape index (κ3) is 5.50. The highest BCUT2D eigenvalue weighted by molar-refractivity contribution is 5.98. The highest BCUT2D eigenvalue weighted by Gasteiger charge is 2.42. The van der Waals surface area contributed by atoms with Gasteiger partial charge in [0.2, 0.25) is 0 Å². The molecule has 3 aliphatic rings. The number of rotatable bonds is 5. The third-order valence-corrected chi connectivity index (χ3v) is 5.02. The van der Waals surface area contributed by atoms with Gasteiger partial charge in [-0.3, -0.25) is 4.99 Å². The molecule has 0 amide bonds. The van der Waals surface area contributed by atoms with Crippen molar-refractivity contribution in [2.75, 3.05) is 26.3 Å². The average Bonchev–Trinajstić information content (AvgIpc) is 3.13. The van der Waals surface area contributed by atoms with Crippen LogP contribution in [0.25, 0.3) is 0 Å². The summed E-state index contributed by atoms with van der Waals surface area (Å²) >= 11 is 0. The van der Waals surface area contributed by atoms with Crippen molar-refractivity contribution in [3.63, 3.8) is 0 Å². The fourth-order valence-electron chi connectivity index (χ4n) is 3.69. The Bertz CT molecular complexity index is 608. The molecular weight excluding hydrogens is 344 g/mol. The lowest BCUT2D eigenvalue weighted by molar-refractivity contribution is -0.154. The van der Waals surface area contributed by atoms with Gasteiger partial charge < -0.3 is 19.5 Å². The van der Waals surface area contributed by atoms with Crippen molar-refractivity contribution < 1.29 is 19.0 Å². The molecule has 2 fully saturated rings. The Labute approximate surface area is 162 Å². The molecule has 3 rings (SSSR count). The second-order valence-electron chi connectivity index (χ2n) is 8.52. The molecule has 150 valence electrons. The minimum absolute atomic E-state index is 0.0456. The summed E-state index contributed by atoms with van der Waals surface area (Å²) in [6.45, 7) is 8.87. The number of hydrogen-bond donors (Lipinski definition) is 1. The molecule has 0 bridgehead atoms. The first-order chi connectivity index (χ1) is 12.9. The molecule has 1 N–H and O–H groups in total. The third-order valence-electron chi connectivity index (χ3n) is 5.02. The molecule has 0 aromatic carbocycles. The Morgan fingerprint density at radius 3 is 2.67 bits per heavy atom. The average molecular weight is 376 g/mol. The van der Waals surface area contributed by atoms with Crippen molar-refractivity contribution in [3.05, 3.63) is 23.9 Å². The SMILES string of the molecule is CC(C)(C)OC(=O)C(=CC1CCNC1)[C@@]1(OC2CCOCC2)C=NC=CC1. The second kappa shape index (κ2) is 8.67. The van der Waals surface area contributed by atoms with Crippen molar-refractivity contribution in [1.82, 2.24) is 5.32 Å². The number of aliphatic imine (C=N–C) groups is 1. The van der Waals surface area contributed by atoms with Crippen LogP contribution in [0.3, 0.4) is 0 Å². The van der Waals surface area contributed by atoms with Crippen molar-refractivity contribution in [2.24, 2.45) is 10.9 Å². The van der Waals surface area contributed by atoms with Gasteiger partial charge in [0.1, 0.15) is 11.2 Å². The molecule has 2 saturated heterocycles. The first-order valence-electron chi connectivity index (χ1n) is 9.99. The van der Waals surface area contributed by atoms with Crippen LogP contribution in [0, 0.1) is 5.92 Å². The normalized spacial score (nSPS) is 29.9. The molecule has 1 unspecified atom stereocenters. The Morgan fingerprint density at radius 1 is 1.30 bits per heavy atom. The zero-order valence-electron chi connectivity index (χ0n) is 16.7. The topological polar surface area (TPSA) is 69.2 Å². The summed E-state index contributed by atoms with van der Waals surface area (Å²) in [5, 5.41) is 3.36. The van der Waals surface area contributed by atoms with Crippen molar-refractivity contribution >= 4 is 12.2 Å². The lowest BCUT2D eigenvalue weighted by atomic mass is 9.86. The van der Waals surface area contributed by atoms with Crippen LogP contribution in [-0.4, -0.2) is 55.8 Å². The molecule has 27 heavy (non-hydrogen) atoms. The van der Waals surface area contributed by atoms with Crippen molar-refractivity contribution in [2.45, 2.75) is 63.8 Å². The van der Waals surface area contributed by atoms with Gasteiger partial charge in [0.25, 0.3) is 0 Å². The largest absolute Gasteiger partial charge is 0.457 e. The van der Waals surface area contributed by atoms with Crippen LogP contribution in [0.15, 0.2) is 28.9 Å². The second-order valence-corrected chi connectivity index (χ2v) is 8.52. The minimum Gasteiger partial charge on any atom is -0.457 e. The van der Waals surface area contributed by atoms with Gasteiger partial charge >= 0.3 is 5.97 Å². The summed E-state index contributed by atoms with van der Waals surface area (Å²) in [4.78, 5) is 17.5. The van der Waals surface area contributed by atoms with Crippen LogP contribution in [0.2, 0.25) is 0 Å². The van der Waals surface area contributed by atoms with E-state index < -0.39 is 11.2 Å². The number of carbonyl (C=O) groups is 1. The maximum atomic E-state index is 13.2. The molecule has 3 aliphatic heterocycles. The first-order valence-corrected chi connectivity index (χ1v) is 9.99. The van der Waals surface area contributed by atoms with E-state index in [1.807, 2.05) is 26.8 Å². The molecule has 6 heteroatoms. The Morgan fingerprint density at radius 2 is 2.07 bits per heavy atom. The molecular formula is C21H32N2O4. The van der Waals surface area contributed by atoms with Crippen LogP contribution in [0.5, 0.6) is 0 Å². The molecule has 0 spiro atoms. The number of nitrogens with zero attached hydrogens (tertiary/aromatic N) is 1. The Hall–Kier alpha value is -1.50. The van der Waals surface area contributed by atoms with Gasteiger partial charge in [0.15, 0.2) is 0 Å². The van der Waals surface area contributed by atoms with Crippen molar-refractivity contribution in [1.29, 1.82) is 0 Å². The molecule has 2 atom stereocenters. The molecule has 0 radical (unpaired) electrons. The van der Waals surface area contributed by atoms with E-state index in [0.717, 1.165) is 32.4 Å². The van der Waals surface area contributed by atoms with E-state index in [9.17, 15) is 4.79 Å². The van der Waals surface area contributed by atoms with Crippen LogP contribution in [0.4, 0.5) is 0 Å². The molecule has 6 nitrogen and oxygen atoms in total. The maximum absolute atomic E-state index is 13.2. The molecule has 0 saturated carbocycles. The molecule has 0 aromatic rings. The Balaban J connectivity index is 1.92. The Kier molecular flexibility index (Phi) is 6.50. The van der Waals surface area contributed by atoms with Crippen LogP contribution in [0.1, 0.15) is 46.5 Å². The van der Waals surface area contributed by atoms with E-state index in [1.54, 1.807) is 12.4 Å². The predicted octanol–water partition coefficient (Wildman–Crippen LogP) is 2.79. The van der Waals surface area contributed by atoms with Gasteiger partial charge in [0.05, 0.1) is 11.7 Å². The maximum Gasteiger partial charge on any atom is 0.337 e. The molecule has 0 aliphatic carbocycles. The predicted molar refractivity (Wildman–Crippen MR) is 105 cm³/mol. The van der Waals surface area contributed by atoms with Gasteiger partial charge in [-0.15, -0.1) is 0 Å². The lowest BCUT2D eigenvalue weighted by Crippen LogP contribution is -2.46. The fourth-order valence-corrected chi connectivity index (χ4v) is 3.69. The quantitative estimate of drug-likeness (QED) is 0.590. The van der Waals surface area contributed by atoms with E-state index in [4.69, 9.17) is 14.2 Å². The van der Waals surface area contributed by atoms with E-state index in [2.05, 4.69) is 16.4 Å². The number of ether oxygens (including phenoxy) is 3. The van der Waals surface area contributed by atoms with E-state index >= 15 is 0 Å². The monoisotopic (exact) mass is 376 g/mol. The van der Waals surface area contributed by atoms with Crippen molar-refractivity contribution in [3.8, 4) is 0 Å². The van der Waals surface area contributed by atoms with Crippen LogP contribution < -0.4 is 5.32 Å². The molecule has 3 heterocycles. The number of carbonyl (C=O) groups excluding carboxylic acids is 1. The number of nitrogens with one attached hydrogen (secondary N) is 1. The summed E-state index contributed by atoms with van der Waals surface area (Å²) < 4.78 is 17.8. The number of esters is 1. The summed E-state index contributed by atoms with van der Waals surface area (Å²) in [6, 6.07) is 0. The summed E-state index contributed by atoms with van der Waals surface area (Å²) in [5.74, 6) is -0.0230. The molecule has 0 aromatic heterocycles. The first kappa shape index (κ1) is 20.2. The fraction of sp³-hybridized carbons (Fsp3) is 0.714. The lowest BCUT2D eigenvalue weighted by Gasteiger charge is -2.38. The highest BCUT2D eigenvalue weighted by Crippen LogP contribution is 2.34. The van der Waals surface area contributed by atoms with Gasteiger partial charge in [-0.05, 0) is 52.5 Å². The minimum atomic E-state index is -0.873. The standard InChI is InChI=1S/C21H32N2O4/c1-20(2,3)27-19(24)18(13-16-5-10-22-14-16)21(8-4-9-23-15-21)26-17-6-11-25-12-7-17/h4,9,13,15-17,22H,5-8,10-12,14H2,1-3H3/t16?,21-/m0/s1. The van der Waals surface area contributed by atoms with E-state index in [0.29, 0.717) is 31.1 Å². The van der Waals surface area contributed by atoms with Crippen LogP contribution >= 0.6 is 0 Å². The summed E-state index contributed by atoms with van der Waals surface area (Å²) in [7, 11) is 0. The van der Waals surface area contributed by atoms with Gasteiger partial charge in [-0.1, -0.05) is 12.2 Å². The smallest absolute Gasteiger partial charge is 0.337 e. The highest BCUT2D eigenvalue weighted by atomic mass is 16.6. The van der Waals surface area contributed by atoms with E-state index in [-0.39, 0.29) is 12.1 Å². The number of hydrogen-bond acceptors (Lipinski definition) is 6. The zero-order chi connectivity index (χ0) is 19.3. The summed E-state index contributed by atoms with van der Waals surface area (Å²) in [6.07, 6.45) is 10.8. The zero-order valence-corrected chi connectivity index (χ0v) is 16.7. The summed E-state index contributed by atoms with van der Waals surface area (Å²) in [5.41, 5.74) is -0.862. The van der Waals surface area contributed by atoms with Crippen LogP contribution in [-0.2, 0) is 19.0 Å². The van der Waals surface area contributed by atoms with Gasteiger partial charge in [-0.2, -0.15) is 0 Å². The van der Waals surface area contributed by atoms with Gasteiger partial charge in [0, 0.05) is 38.6 Å². The van der Waals surface area contributed by atoms with Gasteiger partial charge in [-0.25, -0.2) is 4.79 Å². The van der Waals surface area contributed by atoms with E-state index in [1.165, 1.54) is 0 Å².